The number of nitrogens with zero attached hydrogens (tertiary/aromatic N) is 1. The van der Waals surface area contributed by atoms with E-state index in [1.54, 1.807) is 11.3 Å². The molecule has 0 fully saturated rings. The van der Waals surface area contributed by atoms with Gasteiger partial charge in [-0.3, -0.25) is 0 Å². The first kappa shape index (κ1) is 15.0. The van der Waals surface area contributed by atoms with Crippen LogP contribution in [0.25, 0.3) is 0 Å². The van der Waals surface area contributed by atoms with E-state index in [1.807, 2.05) is 18.2 Å². The summed E-state index contributed by atoms with van der Waals surface area (Å²) in [5.41, 5.74) is 1.03. The maximum atomic E-state index is 5.72. The Morgan fingerprint density at radius 3 is 2.90 bits per heavy atom. The van der Waals surface area contributed by atoms with E-state index >= 15 is 0 Å². The summed E-state index contributed by atoms with van der Waals surface area (Å²) in [6.07, 6.45) is 0.940. The Bertz CT molecular complexity index is 497. The summed E-state index contributed by atoms with van der Waals surface area (Å²) in [7, 11) is 0. The Kier molecular flexibility index (Phi) is 6.02. The van der Waals surface area contributed by atoms with Crippen LogP contribution in [0.2, 0.25) is 0 Å². The van der Waals surface area contributed by atoms with Gasteiger partial charge in [-0.25, -0.2) is 4.98 Å². The molecule has 4 heteroatoms. The Hall–Kier alpha value is -1.39. The van der Waals surface area contributed by atoms with Crippen molar-refractivity contribution < 1.29 is 4.74 Å². The Morgan fingerprint density at radius 1 is 1.25 bits per heavy atom. The van der Waals surface area contributed by atoms with Gasteiger partial charge in [-0.15, -0.1) is 11.3 Å². The van der Waals surface area contributed by atoms with E-state index in [4.69, 9.17) is 4.74 Å². The van der Waals surface area contributed by atoms with Gasteiger partial charge in [0.05, 0.1) is 12.3 Å². The minimum atomic E-state index is 0.653. The average molecular weight is 290 g/mol. The molecule has 20 heavy (non-hydrogen) atoms. The minimum Gasteiger partial charge on any atom is -0.477 e. The summed E-state index contributed by atoms with van der Waals surface area (Å²) in [4.78, 5) is 5.85. The quantitative estimate of drug-likeness (QED) is 0.808. The first-order valence-electron chi connectivity index (χ1n) is 7.06. The second-order valence-corrected chi connectivity index (χ2v) is 6.20. The third-order valence-corrected chi connectivity index (χ3v) is 3.75. The number of nitrogens with one attached hydrogen (secondary N) is 1. The fraction of sp³-hybridized carbons (Fsp3) is 0.438. The zero-order valence-electron chi connectivity index (χ0n) is 12.1. The lowest BCUT2D eigenvalue weighted by molar-refractivity contribution is 0.309. The van der Waals surface area contributed by atoms with Gasteiger partial charge in [0.2, 0.25) is 5.88 Å². The van der Waals surface area contributed by atoms with Gasteiger partial charge in [-0.2, -0.15) is 0 Å². The smallest absolute Gasteiger partial charge is 0.213 e. The highest BCUT2D eigenvalue weighted by atomic mass is 32.1. The molecule has 2 heterocycles. The van der Waals surface area contributed by atoms with E-state index in [0.29, 0.717) is 18.4 Å². The lowest BCUT2D eigenvalue weighted by Crippen LogP contribution is -2.19. The molecule has 0 atom stereocenters. The number of thiophene rings is 1. The first-order chi connectivity index (χ1) is 9.74. The second kappa shape index (κ2) is 8.02. The number of hydrogen-bond donors (Lipinski definition) is 1. The molecule has 0 aliphatic rings. The monoisotopic (exact) mass is 290 g/mol. The summed E-state index contributed by atoms with van der Waals surface area (Å²) in [6.45, 7) is 6.87. The van der Waals surface area contributed by atoms with Crippen LogP contribution < -0.4 is 10.1 Å². The molecule has 3 nitrogen and oxygen atoms in total. The molecule has 0 amide bonds. The number of rotatable bonds is 8. The molecule has 108 valence electrons. The van der Waals surface area contributed by atoms with Crippen LogP contribution in [0.5, 0.6) is 5.88 Å². The third kappa shape index (κ3) is 5.31. The predicted molar refractivity (Wildman–Crippen MR) is 84.3 cm³/mol. The number of pyridine rings is 1. The third-order valence-electron chi connectivity index (χ3n) is 2.82. The molecule has 0 spiro atoms. The molecule has 0 radical (unpaired) electrons. The summed E-state index contributed by atoms with van der Waals surface area (Å²) in [6, 6.07) is 10.1. The van der Waals surface area contributed by atoms with Gasteiger partial charge in [0.15, 0.2) is 0 Å². The number of hydrogen-bond acceptors (Lipinski definition) is 4. The van der Waals surface area contributed by atoms with Crippen LogP contribution in [-0.4, -0.2) is 18.1 Å². The Balaban J connectivity index is 1.77. The number of aromatic nitrogens is 1. The maximum absolute atomic E-state index is 5.72. The highest BCUT2D eigenvalue weighted by molar-refractivity contribution is 7.09. The van der Waals surface area contributed by atoms with Crippen LogP contribution in [0.4, 0.5) is 0 Å². The van der Waals surface area contributed by atoms with Crippen LogP contribution in [0.1, 0.15) is 24.4 Å². The minimum absolute atomic E-state index is 0.653. The molecule has 0 saturated carbocycles. The molecular weight excluding hydrogens is 268 g/mol. The van der Waals surface area contributed by atoms with Crippen molar-refractivity contribution in [1.29, 1.82) is 0 Å². The standard InChI is InChI=1S/C16H22N2OS/c1-13(2)11-17-12-14-5-3-7-16(18-14)19-9-8-15-6-4-10-20-15/h3-7,10,13,17H,8-9,11-12H2,1-2H3. The van der Waals surface area contributed by atoms with Gasteiger partial charge in [0, 0.05) is 23.9 Å². The molecule has 2 aromatic rings. The van der Waals surface area contributed by atoms with Crippen LogP contribution in [0.3, 0.4) is 0 Å². The van der Waals surface area contributed by atoms with Gasteiger partial charge in [-0.05, 0) is 30.0 Å². The zero-order chi connectivity index (χ0) is 14.2. The fourth-order valence-electron chi connectivity index (χ4n) is 1.84. The highest BCUT2D eigenvalue weighted by Gasteiger charge is 2.01. The fourth-order valence-corrected chi connectivity index (χ4v) is 2.53. The van der Waals surface area contributed by atoms with Gasteiger partial charge in [-0.1, -0.05) is 26.0 Å². The summed E-state index contributed by atoms with van der Waals surface area (Å²) >= 11 is 1.76. The van der Waals surface area contributed by atoms with E-state index in [2.05, 4.69) is 41.7 Å². The van der Waals surface area contributed by atoms with Crippen LogP contribution in [0, 0.1) is 5.92 Å². The van der Waals surface area contributed by atoms with Gasteiger partial charge < -0.3 is 10.1 Å². The van der Waals surface area contributed by atoms with E-state index < -0.39 is 0 Å². The average Bonchev–Trinajstić information content (AvgIpc) is 2.92. The normalized spacial score (nSPS) is 10.9. The highest BCUT2D eigenvalue weighted by Crippen LogP contribution is 2.11. The van der Waals surface area contributed by atoms with Crippen molar-refractivity contribution in [2.45, 2.75) is 26.8 Å². The molecular formula is C16H22N2OS. The molecule has 0 unspecified atom stereocenters. The van der Waals surface area contributed by atoms with Crippen molar-refractivity contribution in [3.8, 4) is 5.88 Å². The SMILES string of the molecule is CC(C)CNCc1cccc(OCCc2cccs2)n1. The van der Waals surface area contributed by atoms with Gasteiger partial charge in [0.1, 0.15) is 0 Å². The van der Waals surface area contributed by atoms with Crippen LogP contribution in [0.15, 0.2) is 35.7 Å². The molecule has 0 saturated heterocycles. The van der Waals surface area contributed by atoms with Crippen molar-refractivity contribution in [1.82, 2.24) is 10.3 Å². The number of ether oxygens (including phenoxy) is 1. The summed E-state index contributed by atoms with van der Waals surface area (Å²) < 4.78 is 5.72. The van der Waals surface area contributed by atoms with E-state index in [0.717, 1.165) is 25.2 Å². The molecule has 1 N–H and O–H groups in total. The molecule has 0 bridgehead atoms. The van der Waals surface area contributed by atoms with Crippen LogP contribution in [-0.2, 0) is 13.0 Å². The second-order valence-electron chi connectivity index (χ2n) is 5.17. The lowest BCUT2D eigenvalue weighted by atomic mass is 10.2. The molecule has 2 aromatic heterocycles. The lowest BCUT2D eigenvalue weighted by Gasteiger charge is -2.09. The van der Waals surface area contributed by atoms with Gasteiger partial charge in [0.25, 0.3) is 0 Å². The first-order valence-corrected chi connectivity index (χ1v) is 7.94. The summed E-state index contributed by atoms with van der Waals surface area (Å²) in [5, 5.41) is 5.48. The topological polar surface area (TPSA) is 34.1 Å². The van der Waals surface area contributed by atoms with E-state index in [1.165, 1.54) is 4.88 Å². The molecule has 0 aliphatic heterocycles. The van der Waals surface area contributed by atoms with Crippen molar-refractivity contribution in [3.05, 3.63) is 46.3 Å². The van der Waals surface area contributed by atoms with Crippen molar-refractivity contribution in [2.24, 2.45) is 5.92 Å². The van der Waals surface area contributed by atoms with Gasteiger partial charge >= 0.3 is 0 Å². The van der Waals surface area contributed by atoms with Crippen LogP contribution >= 0.6 is 11.3 Å². The molecule has 0 aliphatic carbocycles. The largest absolute Gasteiger partial charge is 0.477 e. The van der Waals surface area contributed by atoms with E-state index in [9.17, 15) is 0 Å². The Morgan fingerprint density at radius 2 is 2.15 bits per heavy atom. The summed E-state index contributed by atoms with van der Waals surface area (Å²) in [5.74, 6) is 1.37. The van der Waals surface area contributed by atoms with Crippen molar-refractivity contribution in [2.75, 3.05) is 13.2 Å². The Labute approximate surface area is 125 Å². The van der Waals surface area contributed by atoms with E-state index in [-0.39, 0.29) is 0 Å². The predicted octanol–water partition coefficient (Wildman–Crippen LogP) is 3.51. The zero-order valence-corrected chi connectivity index (χ0v) is 13.0. The van der Waals surface area contributed by atoms with Crippen molar-refractivity contribution >= 4 is 11.3 Å². The van der Waals surface area contributed by atoms with Crippen molar-refractivity contribution in [3.63, 3.8) is 0 Å². The molecule has 2 rings (SSSR count). The molecule has 0 aromatic carbocycles. The maximum Gasteiger partial charge on any atom is 0.213 e.